The van der Waals surface area contributed by atoms with E-state index >= 15 is 0 Å². The highest BCUT2D eigenvalue weighted by atomic mass is 32.3. The molecule has 1 heterocycles. The van der Waals surface area contributed by atoms with E-state index in [1.54, 1.807) is 12.1 Å². The van der Waals surface area contributed by atoms with E-state index in [-0.39, 0.29) is 61.0 Å². The number of nitrogens with zero attached hydrogens (tertiary/aromatic N) is 2. The van der Waals surface area contributed by atoms with E-state index in [4.69, 9.17) is 0 Å². The Kier molecular flexibility index (Phi) is 13.2. The third-order valence-corrected chi connectivity index (χ3v) is 12.0. The molecule has 10 nitrogen and oxygen atoms in total. The van der Waals surface area contributed by atoms with Crippen molar-refractivity contribution >= 4 is 32.4 Å². The lowest BCUT2D eigenvalue weighted by Gasteiger charge is -2.38. The maximum atomic E-state index is 13.9. The van der Waals surface area contributed by atoms with Crippen LogP contribution in [0.25, 0.3) is 0 Å². The molecule has 2 atom stereocenters. The Labute approximate surface area is 287 Å². The molecule has 1 aliphatic rings. The zero-order chi connectivity index (χ0) is 35.8. The molecule has 0 radical (unpaired) electrons. The molecule has 0 spiro atoms. The fraction of sp³-hybridized carbons (Fsp3) is 0.441. The minimum absolute atomic E-state index is 0.0322. The Bertz CT molecular complexity index is 1660. The topological polar surface area (TPSA) is 142 Å². The molecule has 0 unspecified atom stereocenters. The summed E-state index contributed by atoms with van der Waals surface area (Å²) in [6, 6.07) is 17.1. The lowest BCUT2D eigenvalue weighted by molar-refractivity contribution is -0.137. The summed E-state index contributed by atoms with van der Waals surface area (Å²) in [6.07, 6.45) is -3.89. The number of anilines is 1. The number of sulfonamides is 1. The number of hydrogen-bond acceptors (Lipinski definition) is 8. The minimum Gasteiger partial charge on any atom is -0.390 e. The summed E-state index contributed by atoms with van der Waals surface area (Å²) >= 11 is 0. The predicted octanol–water partition coefficient (Wildman–Crippen LogP) is 5.88. The van der Waals surface area contributed by atoms with Crippen LogP contribution in [0.4, 0.5) is 18.9 Å². The number of carbonyl (C=O) groups is 1. The summed E-state index contributed by atoms with van der Waals surface area (Å²) in [4.78, 5) is 13.7. The quantitative estimate of drug-likeness (QED) is 0.123. The second-order valence-corrected chi connectivity index (χ2v) is 16.1. The van der Waals surface area contributed by atoms with Crippen molar-refractivity contribution in [2.24, 2.45) is 0 Å². The van der Waals surface area contributed by atoms with Crippen molar-refractivity contribution in [2.45, 2.75) is 69.3 Å². The average Bonchev–Trinajstić information content (AvgIpc) is 3.42. The number of aliphatic hydroxyl groups is 1. The Morgan fingerprint density at radius 1 is 0.980 bits per heavy atom. The van der Waals surface area contributed by atoms with Gasteiger partial charge in [-0.25, -0.2) is 8.42 Å². The first kappa shape index (κ1) is 38.6. The Morgan fingerprint density at radius 2 is 1.65 bits per heavy atom. The summed E-state index contributed by atoms with van der Waals surface area (Å²) < 4.78 is 91.3. The Balaban J connectivity index is 1.62. The van der Waals surface area contributed by atoms with Crippen LogP contribution in [0.3, 0.4) is 0 Å². The van der Waals surface area contributed by atoms with Gasteiger partial charge in [0.1, 0.15) is 0 Å². The van der Waals surface area contributed by atoms with Gasteiger partial charge in [-0.3, -0.25) is 18.2 Å². The minimum atomic E-state index is -4.49. The molecule has 0 aliphatic carbocycles. The molecule has 1 aliphatic heterocycles. The van der Waals surface area contributed by atoms with Crippen LogP contribution in [-0.2, 0) is 29.2 Å². The molecule has 1 amide bonds. The van der Waals surface area contributed by atoms with Gasteiger partial charge >= 0.3 is 6.18 Å². The SMILES string of the molecule is CCCN(CCC)S(=O)(=O)c1cc(C(=O)N[C@@H](Cc2ccccc2)[C@H](O)CNCc2cccc(C(F)(F)F)c2)cc(N2CCCS2(O)O)c1. The summed E-state index contributed by atoms with van der Waals surface area (Å²) in [6.45, 7) is 4.46. The lowest BCUT2D eigenvalue weighted by atomic mass is 10.00. The predicted molar refractivity (Wildman–Crippen MR) is 186 cm³/mol. The van der Waals surface area contributed by atoms with E-state index in [9.17, 15) is 40.6 Å². The molecule has 3 aromatic rings. The summed E-state index contributed by atoms with van der Waals surface area (Å²) in [5.41, 5.74) is 0.507. The van der Waals surface area contributed by atoms with Gasteiger partial charge in [-0.15, -0.1) is 10.8 Å². The van der Waals surface area contributed by atoms with Gasteiger partial charge in [0, 0.05) is 38.3 Å². The Hall–Kier alpha value is -3.18. The van der Waals surface area contributed by atoms with E-state index in [2.05, 4.69) is 10.6 Å². The number of aliphatic hydroxyl groups excluding tert-OH is 1. The van der Waals surface area contributed by atoms with Gasteiger partial charge in [-0.1, -0.05) is 62.4 Å². The number of rotatable bonds is 16. The smallest absolute Gasteiger partial charge is 0.390 e. The number of benzene rings is 3. The molecular formula is C34H45F3N4O6S2. The normalized spacial score (nSPS) is 16.8. The van der Waals surface area contributed by atoms with Crippen LogP contribution in [-0.4, -0.2) is 76.9 Å². The molecule has 0 saturated carbocycles. The molecule has 0 bridgehead atoms. The molecule has 5 N–H and O–H groups in total. The number of alkyl halides is 3. The molecule has 0 aromatic heterocycles. The van der Waals surface area contributed by atoms with Gasteiger partial charge in [0.15, 0.2) is 0 Å². The van der Waals surface area contributed by atoms with Gasteiger partial charge in [0.05, 0.1) is 34.0 Å². The second-order valence-electron chi connectivity index (χ2n) is 12.1. The fourth-order valence-electron chi connectivity index (χ4n) is 5.73. The van der Waals surface area contributed by atoms with Gasteiger partial charge in [0.2, 0.25) is 10.0 Å². The maximum absolute atomic E-state index is 13.9. The fourth-order valence-corrected chi connectivity index (χ4v) is 9.02. The van der Waals surface area contributed by atoms with E-state index < -0.39 is 50.6 Å². The van der Waals surface area contributed by atoms with Gasteiger partial charge in [0.25, 0.3) is 5.91 Å². The second kappa shape index (κ2) is 16.7. The van der Waals surface area contributed by atoms with Crippen LogP contribution in [0.5, 0.6) is 0 Å². The zero-order valence-corrected chi connectivity index (χ0v) is 29.2. The molecule has 15 heteroatoms. The average molecular weight is 727 g/mol. The summed E-state index contributed by atoms with van der Waals surface area (Å²) in [5.74, 6) is -0.577. The molecule has 3 aromatic carbocycles. The van der Waals surface area contributed by atoms with Crippen molar-refractivity contribution in [2.75, 3.05) is 36.2 Å². The van der Waals surface area contributed by atoms with E-state index in [1.807, 2.05) is 32.0 Å². The molecule has 1 saturated heterocycles. The highest BCUT2D eigenvalue weighted by molar-refractivity contribution is 8.25. The highest BCUT2D eigenvalue weighted by Gasteiger charge is 2.33. The molecule has 270 valence electrons. The number of nitrogens with one attached hydrogen (secondary N) is 2. The van der Waals surface area contributed by atoms with E-state index in [0.717, 1.165) is 17.7 Å². The largest absolute Gasteiger partial charge is 0.416 e. The van der Waals surface area contributed by atoms with Crippen LogP contribution in [0.15, 0.2) is 77.7 Å². The van der Waals surface area contributed by atoms with E-state index in [0.29, 0.717) is 24.8 Å². The first-order chi connectivity index (χ1) is 23.2. The molecule has 1 fully saturated rings. The third-order valence-electron chi connectivity index (χ3n) is 8.17. The number of halogens is 3. The number of hydrogen-bond donors (Lipinski definition) is 5. The monoisotopic (exact) mass is 726 g/mol. The Morgan fingerprint density at radius 3 is 2.27 bits per heavy atom. The zero-order valence-electron chi connectivity index (χ0n) is 27.6. The number of amides is 1. The molecular weight excluding hydrogens is 682 g/mol. The van der Waals surface area contributed by atoms with Crippen LogP contribution >= 0.6 is 10.8 Å². The maximum Gasteiger partial charge on any atom is 0.416 e. The van der Waals surface area contributed by atoms with Crippen LogP contribution in [0, 0.1) is 0 Å². The molecule has 49 heavy (non-hydrogen) atoms. The highest BCUT2D eigenvalue weighted by Crippen LogP contribution is 2.51. The first-order valence-corrected chi connectivity index (χ1v) is 19.4. The molecule has 4 rings (SSSR count). The summed E-state index contributed by atoms with van der Waals surface area (Å²) in [7, 11) is -7.30. The van der Waals surface area contributed by atoms with Crippen molar-refractivity contribution in [1.82, 2.24) is 14.9 Å². The van der Waals surface area contributed by atoms with Crippen molar-refractivity contribution in [3.8, 4) is 0 Å². The first-order valence-electron chi connectivity index (χ1n) is 16.2. The third kappa shape index (κ3) is 10.2. The number of carbonyl (C=O) groups excluding carboxylic acids is 1. The van der Waals surface area contributed by atoms with Gasteiger partial charge in [-0.05, 0) is 61.1 Å². The van der Waals surface area contributed by atoms with Crippen LogP contribution < -0.4 is 14.9 Å². The standard InChI is InChI=1S/C34H45F3N4O6S2/c1-3-14-40(15-4-2)49(46,47)30-21-27(20-29(22-30)41-16-9-17-48(41,44)45)33(43)39-31(19-25-10-6-5-7-11-25)32(42)24-38-23-26-12-8-13-28(18-26)34(35,36)37/h5-8,10-13,18,20-22,31-32,38,42,44-45H,3-4,9,14-17,19,23-24H2,1-2H3,(H,39,43)/t31-,32+/m0/s1. The summed E-state index contributed by atoms with van der Waals surface area (Å²) in [5, 5.41) is 17.1. The lowest BCUT2D eigenvalue weighted by Crippen LogP contribution is -2.48. The van der Waals surface area contributed by atoms with Crippen LogP contribution in [0.2, 0.25) is 0 Å². The van der Waals surface area contributed by atoms with Crippen molar-refractivity contribution < 1.29 is 40.6 Å². The van der Waals surface area contributed by atoms with Crippen LogP contribution in [0.1, 0.15) is 60.2 Å². The van der Waals surface area contributed by atoms with Gasteiger partial charge < -0.3 is 15.7 Å². The van der Waals surface area contributed by atoms with Crippen molar-refractivity contribution in [3.63, 3.8) is 0 Å². The van der Waals surface area contributed by atoms with E-state index in [1.165, 1.54) is 38.9 Å². The van der Waals surface area contributed by atoms with Gasteiger partial charge in [-0.2, -0.15) is 17.5 Å². The van der Waals surface area contributed by atoms with Crippen molar-refractivity contribution in [3.05, 3.63) is 95.1 Å². The van der Waals surface area contributed by atoms with Crippen molar-refractivity contribution in [1.29, 1.82) is 0 Å².